The summed E-state index contributed by atoms with van der Waals surface area (Å²) in [7, 11) is 0. The van der Waals surface area contributed by atoms with E-state index < -0.39 is 39.3 Å². The fourth-order valence-electron chi connectivity index (χ4n) is 2.78. The van der Waals surface area contributed by atoms with E-state index in [4.69, 9.17) is 23.2 Å². The van der Waals surface area contributed by atoms with Gasteiger partial charge in [0.2, 0.25) is 0 Å². The van der Waals surface area contributed by atoms with Crippen LogP contribution in [0.2, 0.25) is 10.0 Å². The predicted octanol–water partition coefficient (Wildman–Crippen LogP) is 5.69. The Morgan fingerprint density at radius 2 is 1.38 bits per heavy atom. The minimum atomic E-state index is -4.68. The number of hydrogen-bond donors (Lipinski definition) is 2. The molecular weight excluding hydrogens is 396 g/mol. The lowest BCUT2D eigenvalue weighted by Crippen LogP contribution is -2.12. The molecule has 0 amide bonds. The number of carboxylic acids is 2. The zero-order valence-electron chi connectivity index (χ0n) is 13.3. The predicted molar refractivity (Wildman–Crippen MR) is 90.3 cm³/mol. The van der Waals surface area contributed by atoms with Gasteiger partial charge in [0.05, 0.1) is 26.7 Å². The third kappa shape index (κ3) is 3.50. The summed E-state index contributed by atoms with van der Waals surface area (Å²) in [5.41, 5.74) is -1.66. The SMILES string of the molecule is Cc1cc(-c2c(Cl)cc(C(F)(F)F)cc2Cl)c(C(=O)O)c(C)c1C(=O)O. The molecule has 0 aromatic heterocycles. The summed E-state index contributed by atoms with van der Waals surface area (Å²) >= 11 is 11.9. The summed E-state index contributed by atoms with van der Waals surface area (Å²) in [5.74, 6) is -2.77. The first-order chi connectivity index (χ1) is 11.9. The second kappa shape index (κ2) is 6.81. The topological polar surface area (TPSA) is 74.6 Å². The largest absolute Gasteiger partial charge is 0.478 e. The number of hydrogen-bond acceptors (Lipinski definition) is 2. The first-order valence-corrected chi connectivity index (χ1v) is 7.79. The Morgan fingerprint density at radius 3 is 1.77 bits per heavy atom. The monoisotopic (exact) mass is 406 g/mol. The van der Waals surface area contributed by atoms with Gasteiger partial charge in [0.1, 0.15) is 0 Å². The maximum absolute atomic E-state index is 12.9. The van der Waals surface area contributed by atoms with Gasteiger partial charge in [-0.15, -0.1) is 0 Å². The van der Waals surface area contributed by atoms with Crippen LogP contribution in [0.1, 0.15) is 37.4 Å². The maximum atomic E-state index is 12.9. The van der Waals surface area contributed by atoms with E-state index in [0.717, 1.165) is 0 Å². The van der Waals surface area contributed by atoms with Crippen LogP contribution in [0.15, 0.2) is 18.2 Å². The molecule has 4 nitrogen and oxygen atoms in total. The first kappa shape index (κ1) is 20.1. The molecule has 0 fully saturated rings. The number of alkyl halides is 3. The van der Waals surface area contributed by atoms with E-state index in [9.17, 15) is 33.0 Å². The van der Waals surface area contributed by atoms with Crippen molar-refractivity contribution >= 4 is 35.1 Å². The molecule has 0 saturated heterocycles. The van der Waals surface area contributed by atoms with Crippen LogP contribution < -0.4 is 0 Å². The van der Waals surface area contributed by atoms with Crippen LogP contribution in [0.5, 0.6) is 0 Å². The van der Waals surface area contributed by atoms with Crippen LogP contribution in [-0.2, 0) is 6.18 Å². The van der Waals surface area contributed by atoms with E-state index in [1.165, 1.54) is 19.9 Å². The van der Waals surface area contributed by atoms with Gasteiger partial charge in [0, 0.05) is 5.56 Å². The molecule has 138 valence electrons. The molecule has 9 heteroatoms. The second-order valence-electron chi connectivity index (χ2n) is 5.54. The van der Waals surface area contributed by atoms with Gasteiger partial charge < -0.3 is 10.2 Å². The molecule has 2 aromatic carbocycles. The van der Waals surface area contributed by atoms with Crippen molar-refractivity contribution in [3.05, 3.63) is 56.1 Å². The molecule has 0 aliphatic heterocycles. The van der Waals surface area contributed by atoms with Crippen molar-refractivity contribution in [3.8, 4) is 11.1 Å². The van der Waals surface area contributed by atoms with Gasteiger partial charge >= 0.3 is 18.1 Å². The summed E-state index contributed by atoms with van der Waals surface area (Å²) in [4.78, 5) is 23.1. The average molecular weight is 407 g/mol. The minimum Gasteiger partial charge on any atom is -0.478 e. The quantitative estimate of drug-likeness (QED) is 0.686. The van der Waals surface area contributed by atoms with Crippen LogP contribution in [0.25, 0.3) is 11.1 Å². The minimum absolute atomic E-state index is 0.0490. The fraction of sp³-hybridized carbons (Fsp3) is 0.176. The third-order valence-electron chi connectivity index (χ3n) is 3.84. The standard InChI is InChI=1S/C17H11Cl2F3O4/c1-6-3-9(13(16(25)26)7(2)12(6)15(23)24)14-10(18)4-8(5-11(14)19)17(20,21)22/h3-5H,1-2H3,(H,23,24)(H,25,26). The highest BCUT2D eigenvalue weighted by Crippen LogP contribution is 2.43. The average Bonchev–Trinajstić information content (AvgIpc) is 2.43. The Kier molecular flexibility index (Phi) is 5.26. The van der Waals surface area contributed by atoms with Crippen molar-refractivity contribution in [2.45, 2.75) is 20.0 Å². The fourth-order valence-corrected chi connectivity index (χ4v) is 3.47. The third-order valence-corrected chi connectivity index (χ3v) is 4.44. The van der Waals surface area contributed by atoms with E-state index in [-0.39, 0.29) is 27.8 Å². The van der Waals surface area contributed by atoms with E-state index in [0.29, 0.717) is 12.1 Å². The molecule has 0 heterocycles. The van der Waals surface area contributed by atoms with Gasteiger partial charge in [-0.2, -0.15) is 13.2 Å². The zero-order chi connectivity index (χ0) is 20.0. The van der Waals surface area contributed by atoms with Gasteiger partial charge in [-0.1, -0.05) is 23.2 Å². The van der Waals surface area contributed by atoms with Gasteiger partial charge in [-0.3, -0.25) is 0 Å². The van der Waals surface area contributed by atoms with Crippen LogP contribution in [0.4, 0.5) is 13.2 Å². The van der Waals surface area contributed by atoms with Gasteiger partial charge in [0.25, 0.3) is 0 Å². The van der Waals surface area contributed by atoms with E-state index in [1.54, 1.807) is 0 Å². The van der Waals surface area contributed by atoms with Crippen molar-refractivity contribution in [1.29, 1.82) is 0 Å². The lowest BCUT2D eigenvalue weighted by Gasteiger charge is -2.18. The smallest absolute Gasteiger partial charge is 0.416 e. The number of carbonyl (C=O) groups is 2. The van der Waals surface area contributed by atoms with Crippen LogP contribution in [0, 0.1) is 13.8 Å². The Morgan fingerprint density at radius 1 is 0.923 bits per heavy atom. The number of carboxylic acid groups (broad SMARTS) is 2. The summed E-state index contributed by atoms with van der Waals surface area (Å²) in [6.45, 7) is 2.74. The lowest BCUT2D eigenvalue weighted by molar-refractivity contribution is -0.137. The van der Waals surface area contributed by atoms with Crippen molar-refractivity contribution in [3.63, 3.8) is 0 Å². The highest BCUT2D eigenvalue weighted by Gasteiger charge is 2.33. The Hall–Kier alpha value is -2.25. The van der Waals surface area contributed by atoms with E-state index in [1.807, 2.05) is 0 Å². The van der Waals surface area contributed by atoms with Gasteiger partial charge in [-0.25, -0.2) is 9.59 Å². The van der Waals surface area contributed by atoms with Crippen molar-refractivity contribution < 1.29 is 33.0 Å². The molecule has 26 heavy (non-hydrogen) atoms. The highest BCUT2D eigenvalue weighted by molar-refractivity contribution is 6.39. The molecule has 0 bridgehead atoms. The molecule has 0 saturated carbocycles. The molecule has 0 unspecified atom stereocenters. The molecular formula is C17H11Cl2F3O4. The number of benzene rings is 2. The normalized spacial score (nSPS) is 11.5. The highest BCUT2D eigenvalue weighted by atomic mass is 35.5. The van der Waals surface area contributed by atoms with Crippen molar-refractivity contribution in [2.24, 2.45) is 0 Å². The number of rotatable bonds is 3. The molecule has 2 rings (SSSR count). The number of halogens is 5. The molecule has 0 radical (unpaired) electrons. The van der Waals surface area contributed by atoms with Gasteiger partial charge in [0.15, 0.2) is 0 Å². The summed E-state index contributed by atoms with van der Waals surface area (Å²) < 4.78 is 38.6. The van der Waals surface area contributed by atoms with Crippen LogP contribution >= 0.6 is 23.2 Å². The summed E-state index contributed by atoms with van der Waals surface area (Å²) in [6.07, 6.45) is -4.68. The maximum Gasteiger partial charge on any atom is 0.416 e. The first-order valence-electron chi connectivity index (χ1n) is 7.03. The summed E-state index contributed by atoms with van der Waals surface area (Å²) in [5, 5.41) is 18.0. The molecule has 0 atom stereocenters. The van der Waals surface area contributed by atoms with Gasteiger partial charge in [-0.05, 0) is 48.7 Å². The Bertz CT molecular complexity index is 914. The molecule has 2 N–H and O–H groups in total. The Balaban J connectivity index is 2.90. The second-order valence-corrected chi connectivity index (χ2v) is 6.35. The van der Waals surface area contributed by atoms with E-state index >= 15 is 0 Å². The van der Waals surface area contributed by atoms with Crippen LogP contribution in [-0.4, -0.2) is 22.2 Å². The molecule has 2 aromatic rings. The van der Waals surface area contributed by atoms with Crippen molar-refractivity contribution in [1.82, 2.24) is 0 Å². The molecule has 0 aliphatic carbocycles. The lowest BCUT2D eigenvalue weighted by atomic mass is 9.89. The molecule has 0 spiro atoms. The molecule has 0 aliphatic rings. The zero-order valence-corrected chi connectivity index (χ0v) is 14.8. The van der Waals surface area contributed by atoms with Crippen molar-refractivity contribution in [2.75, 3.05) is 0 Å². The summed E-state index contributed by atoms with van der Waals surface area (Å²) in [6, 6.07) is 2.52. The number of aryl methyl sites for hydroxylation is 1. The van der Waals surface area contributed by atoms with Crippen LogP contribution in [0.3, 0.4) is 0 Å². The van der Waals surface area contributed by atoms with E-state index in [2.05, 4.69) is 0 Å². The number of aromatic carboxylic acids is 2. The Labute approximate surface area is 155 Å².